The van der Waals surface area contributed by atoms with Crippen molar-refractivity contribution in [1.82, 2.24) is 0 Å². The molecule has 0 aliphatic carbocycles. The molecule has 3 heteroatoms. The predicted molar refractivity (Wildman–Crippen MR) is 93.9 cm³/mol. The Bertz CT molecular complexity index is 813. The normalized spacial score (nSPS) is 12.6. The Morgan fingerprint density at radius 1 is 0.952 bits per heavy atom. The van der Waals surface area contributed by atoms with Gasteiger partial charge in [0.05, 0.1) is 6.04 Å². The first-order valence-electron chi connectivity index (χ1n) is 6.76. The standard InChI is InChI=1S/C18H15BrClN/c1-11-6-7-12(20)10-16(11)18(21)15-8-9-17(19)14-5-3-2-4-13(14)15/h2-10,18H,21H2,1H3. The van der Waals surface area contributed by atoms with Crippen molar-refractivity contribution < 1.29 is 0 Å². The maximum Gasteiger partial charge on any atom is 0.0560 e. The molecule has 0 saturated heterocycles. The van der Waals surface area contributed by atoms with Crippen LogP contribution in [-0.4, -0.2) is 0 Å². The zero-order valence-corrected chi connectivity index (χ0v) is 13.9. The van der Waals surface area contributed by atoms with Crippen molar-refractivity contribution in [2.75, 3.05) is 0 Å². The van der Waals surface area contributed by atoms with Crippen LogP contribution in [0.1, 0.15) is 22.7 Å². The highest BCUT2D eigenvalue weighted by Crippen LogP contribution is 2.33. The van der Waals surface area contributed by atoms with Crippen molar-refractivity contribution in [3.8, 4) is 0 Å². The zero-order valence-electron chi connectivity index (χ0n) is 11.6. The lowest BCUT2D eigenvalue weighted by Gasteiger charge is -2.18. The molecule has 1 nitrogen and oxygen atoms in total. The van der Waals surface area contributed by atoms with Gasteiger partial charge >= 0.3 is 0 Å². The van der Waals surface area contributed by atoms with E-state index in [0.29, 0.717) is 5.02 Å². The quantitative estimate of drug-likeness (QED) is 0.631. The van der Waals surface area contributed by atoms with E-state index in [1.165, 1.54) is 10.8 Å². The molecule has 0 heterocycles. The highest BCUT2D eigenvalue weighted by molar-refractivity contribution is 9.10. The van der Waals surface area contributed by atoms with Crippen molar-refractivity contribution in [2.24, 2.45) is 5.73 Å². The summed E-state index contributed by atoms with van der Waals surface area (Å²) in [5.74, 6) is 0. The Morgan fingerprint density at radius 3 is 2.43 bits per heavy atom. The number of nitrogens with two attached hydrogens (primary N) is 1. The minimum Gasteiger partial charge on any atom is -0.320 e. The number of rotatable bonds is 2. The van der Waals surface area contributed by atoms with Crippen molar-refractivity contribution in [3.05, 3.63) is 80.8 Å². The lowest BCUT2D eigenvalue weighted by molar-refractivity contribution is 0.870. The SMILES string of the molecule is Cc1ccc(Cl)cc1C(N)c1ccc(Br)c2ccccc12. The molecule has 106 valence electrons. The molecule has 1 unspecified atom stereocenters. The topological polar surface area (TPSA) is 26.0 Å². The molecule has 0 bridgehead atoms. The van der Waals surface area contributed by atoms with E-state index >= 15 is 0 Å². The van der Waals surface area contributed by atoms with Gasteiger partial charge in [0.2, 0.25) is 0 Å². The van der Waals surface area contributed by atoms with Crippen LogP contribution in [-0.2, 0) is 0 Å². The third-order valence-corrected chi connectivity index (χ3v) is 4.74. The number of hydrogen-bond donors (Lipinski definition) is 1. The largest absolute Gasteiger partial charge is 0.320 e. The Balaban J connectivity index is 2.20. The Hall–Kier alpha value is -1.35. The average molecular weight is 361 g/mol. The molecule has 0 radical (unpaired) electrons. The van der Waals surface area contributed by atoms with E-state index in [9.17, 15) is 0 Å². The first-order valence-corrected chi connectivity index (χ1v) is 7.94. The number of fused-ring (bicyclic) bond motifs is 1. The summed E-state index contributed by atoms with van der Waals surface area (Å²) < 4.78 is 1.08. The summed E-state index contributed by atoms with van der Waals surface area (Å²) in [6.45, 7) is 2.06. The van der Waals surface area contributed by atoms with Crippen molar-refractivity contribution >= 4 is 38.3 Å². The highest BCUT2D eigenvalue weighted by Gasteiger charge is 2.15. The van der Waals surface area contributed by atoms with Gasteiger partial charge in [-0.05, 0) is 52.6 Å². The summed E-state index contributed by atoms with van der Waals surface area (Å²) >= 11 is 9.73. The number of benzene rings is 3. The molecule has 0 aromatic heterocycles. The lowest BCUT2D eigenvalue weighted by Crippen LogP contribution is -2.13. The van der Waals surface area contributed by atoms with Crippen LogP contribution in [0.5, 0.6) is 0 Å². The molecule has 3 aromatic rings. The molecule has 0 aliphatic rings. The van der Waals surface area contributed by atoms with Crippen LogP contribution in [0.3, 0.4) is 0 Å². The van der Waals surface area contributed by atoms with Crippen LogP contribution >= 0.6 is 27.5 Å². The van der Waals surface area contributed by atoms with Gasteiger partial charge in [-0.3, -0.25) is 0 Å². The molecule has 0 fully saturated rings. The van der Waals surface area contributed by atoms with Crippen LogP contribution in [0.25, 0.3) is 10.8 Å². The molecule has 0 spiro atoms. The van der Waals surface area contributed by atoms with Gasteiger partial charge in [0.15, 0.2) is 0 Å². The molecule has 0 amide bonds. The van der Waals surface area contributed by atoms with Gasteiger partial charge in [0.1, 0.15) is 0 Å². The van der Waals surface area contributed by atoms with Gasteiger partial charge in [-0.2, -0.15) is 0 Å². The minimum atomic E-state index is -0.193. The monoisotopic (exact) mass is 359 g/mol. The summed E-state index contributed by atoms with van der Waals surface area (Å²) in [4.78, 5) is 0. The maximum atomic E-state index is 6.53. The average Bonchev–Trinajstić information content (AvgIpc) is 2.50. The summed E-state index contributed by atoms with van der Waals surface area (Å²) in [7, 11) is 0. The van der Waals surface area contributed by atoms with E-state index in [0.717, 1.165) is 21.2 Å². The maximum absolute atomic E-state index is 6.53. The fraction of sp³-hybridized carbons (Fsp3) is 0.111. The Morgan fingerprint density at radius 2 is 1.67 bits per heavy atom. The number of aryl methyl sites for hydroxylation is 1. The third kappa shape index (κ3) is 2.71. The Kier molecular flexibility index (Phi) is 4.03. The fourth-order valence-corrected chi connectivity index (χ4v) is 3.33. The van der Waals surface area contributed by atoms with E-state index in [2.05, 4.69) is 47.1 Å². The molecular weight excluding hydrogens is 346 g/mol. The first kappa shape index (κ1) is 14.6. The van der Waals surface area contributed by atoms with Gasteiger partial charge < -0.3 is 5.73 Å². The molecular formula is C18H15BrClN. The molecule has 0 aliphatic heterocycles. The molecule has 0 saturated carbocycles. The zero-order chi connectivity index (χ0) is 15.0. The summed E-state index contributed by atoms with van der Waals surface area (Å²) in [5.41, 5.74) is 9.86. The Labute approximate surface area is 137 Å². The third-order valence-electron chi connectivity index (χ3n) is 3.82. The first-order chi connectivity index (χ1) is 10.1. The van der Waals surface area contributed by atoms with E-state index in [1.54, 1.807) is 0 Å². The van der Waals surface area contributed by atoms with Crippen molar-refractivity contribution in [3.63, 3.8) is 0 Å². The van der Waals surface area contributed by atoms with Gasteiger partial charge in [-0.25, -0.2) is 0 Å². The van der Waals surface area contributed by atoms with E-state index in [1.807, 2.05) is 30.3 Å². The molecule has 21 heavy (non-hydrogen) atoms. The van der Waals surface area contributed by atoms with Gasteiger partial charge in [0, 0.05) is 9.50 Å². The van der Waals surface area contributed by atoms with Crippen LogP contribution < -0.4 is 5.73 Å². The van der Waals surface area contributed by atoms with E-state index < -0.39 is 0 Å². The molecule has 2 N–H and O–H groups in total. The summed E-state index contributed by atoms with van der Waals surface area (Å²) in [6, 6.07) is 18.1. The molecule has 3 aromatic carbocycles. The van der Waals surface area contributed by atoms with Crippen molar-refractivity contribution in [2.45, 2.75) is 13.0 Å². The van der Waals surface area contributed by atoms with E-state index in [-0.39, 0.29) is 6.04 Å². The summed E-state index contributed by atoms with van der Waals surface area (Å²) in [5, 5.41) is 3.05. The van der Waals surface area contributed by atoms with Gasteiger partial charge in [0.25, 0.3) is 0 Å². The molecule has 3 rings (SSSR count). The number of hydrogen-bond acceptors (Lipinski definition) is 1. The van der Waals surface area contributed by atoms with Crippen LogP contribution in [0.2, 0.25) is 5.02 Å². The van der Waals surface area contributed by atoms with Crippen LogP contribution in [0.4, 0.5) is 0 Å². The van der Waals surface area contributed by atoms with Gasteiger partial charge in [-0.1, -0.05) is 63.9 Å². The molecule has 1 atom stereocenters. The predicted octanol–water partition coefficient (Wildman–Crippen LogP) is 5.61. The van der Waals surface area contributed by atoms with Crippen molar-refractivity contribution in [1.29, 1.82) is 0 Å². The smallest absolute Gasteiger partial charge is 0.0560 e. The second-order valence-electron chi connectivity index (χ2n) is 5.16. The number of halogens is 2. The van der Waals surface area contributed by atoms with Crippen LogP contribution in [0, 0.1) is 6.92 Å². The van der Waals surface area contributed by atoms with Crippen LogP contribution in [0.15, 0.2) is 59.1 Å². The second-order valence-corrected chi connectivity index (χ2v) is 6.45. The highest BCUT2D eigenvalue weighted by atomic mass is 79.9. The second kappa shape index (κ2) is 5.80. The summed E-state index contributed by atoms with van der Waals surface area (Å²) in [6.07, 6.45) is 0. The van der Waals surface area contributed by atoms with Gasteiger partial charge in [-0.15, -0.1) is 0 Å². The van der Waals surface area contributed by atoms with E-state index in [4.69, 9.17) is 17.3 Å². The fourth-order valence-electron chi connectivity index (χ4n) is 2.67. The lowest BCUT2D eigenvalue weighted by atomic mass is 9.92. The minimum absolute atomic E-state index is 0.193.